The lowest BCUT2D eigenvalue weighted by atomic mass is 10.0. The fourth-order valence-corrected chi connectivity index (χ4v) is 3.49. The van der Waals surface area contributed by atoms with E-state index in [0.717, 1.165) is 5.56 Å². The summed E-state index contributed by atoms with van der Waals surface area (Å²) in [6, 6.07) is 7.11. The van der Waals surface area contributed by atoms with Gasteiger partial charge in [0.1, 0.15) is 12.1 Å². The number of carbonyl (C=O) groups is 3. The molecule has 1 saturated heterocycles. The van der Waals surface area contributed by atoms with Gasteiger partial charge in [0.2, 0.25) is 5.91 Å². The van der Waals surface area contributed by atoms with Crippen molar-refractivity contribution in [1.82, 2.24) is 10.2 Å². The van der Waals surface area contributed by atoms with Crippen LogP contribution in [0.3, 0.4) is 0 Å². The lowest BCUT2D eigenvalue weighted by molar-refractivity contribution is -0.839. The van der Waals surface area contributed by atoms with Crippen molar-refractivity contribution >= 4 is 17.8 Å². The van der Waals surface area contributed by atoms with E-state index < -0.39 is 41.1 Å². The van der Waals surface area contributed by atoms with Gasteiger partial charge in [-0.05, 0) is 45.1 Å². The number of benzene rings is 1. The maximum Gasteiger partial charge on any atom is 0.365 e. The Labute approximate surface area is 179 Å². The zero-order chi connectivity index (χ0) is 22.8. The maximum absolute atomic E-state index is 12.9. The van der Waals surface area contributed by atoms with Crippen LogP contribution in [0.2, 0.25) is 0 Å². The van der Waals surface area contributed by atoms with Crippen molar-refractivity contribution < 1.29 is 34.1 Å². The Balaban J connectivity index is 2.00. The smallest absolute Gasteiger partial charge is 0.365 e. The van der Waals surface area contributed by atoms with Crippen LogP contribution in [-0.2, 0) is 35.4 Å². The molecule has 0 aliphatic carbocycles. The summed E-state index contributed by atoms with van der Waals surface area (Å²) in [7, 11) is 0. The van der Waals surface area contributed by atoms with Gasteiger partial charge in [-0.25, -0.2) is 4.79 Å². The molecule has 1 fully saturated rings. The Hall–Kier alpha value is -3.21. The number of aryl methyl sites for hydroxylation is 1. The van der Waals surface area contributed by atoms with Crippen molar-refractivity contribution in [3.8, 4) is 0 Å². The quantitative estimate of drug-likeness (QED) is 0.234. The van der Waals surface area contributed by atoms with E-state index in [1.807, 2.05) is 30.3 Å². The third-order valence-electron chi connectivity index (χ3n) is 4.95. The first-order chi connectivity index (χ1) is 14.8. The number of carbonyl (C=O) groups excluding carboxylic acids is 3. The van der Waals surface area contributed by atoms with Crippen LogP contribution in [-0.4, -0.2) is 59.1 Å². The Bertz CT molecular complexity index is 773. The highest BCUT2D eigenvalue weighted by Crippen LogP contribution is 2.20. The van der Waals surface area contributed by atoms with Gasteiger partial charge >= 0.3 is 17.0 Å². The van der Waals surface area contributed by atoms with E-state index in [1.165, 1.54) is 4.90 Å². The summed E-state index contributed by atoms with van der Waals surface area (Å²) in [4.78, 5) is 56.7. The van der Waals surface area contributed by atoms with Crippen LogP contribution in [0.4, 0.5) is 0 Å². The Morgan fingerprint density at radius 3 is 2.65 bits per heavy atom. The number of nitrogens with zero attached hydrogens (tertiary/aromatic N) is 2. The molecule has 0 bridgehead atoms. The van der Waals surface area contributed by atoms with Gasteiger partial charge in [0.05, 0.1) is 12.6 Å². The van der Waals surface area contributed by atoms with Gasteiger partial charge in [0.15, 0.2) is 0 Å². The maximum atomic E-state index is 12.9. The van der Waals surface area contributed by atoms with Gasteiger partial charge in [0, 0.05) is 6.54 Å². The zero-order valence-corrected chi connectivity index (χ0v) is 17.5. The summed E-state index contributed by atoms with van der Waals surface area (Å²) >= 11 is 0. The van der Waals surface area contributed by atoms with E-state index in [9.17, 15) is 24.5 Å². The first kappa shape index (κ1) is 24.1. The van der Waals surface area contributed by atoms with Crippen LogP contribution >= 0.6 is 0 Å². The monoisotopic (exact) mass is 437 g/mol. The first-order valence-corrected chi connectivity index (χ1v) is 10.1. The number of esters is 1. The van der Waals surface area contributed by atoms with Gasteiger partial charge in [-0.15, -0.1) is 10.1 Å². The number of likely N-dealkylation sites (tertiary alicyclic amines) is 1. The lowest BCUT2D eigenvalue weighted by Crippen LogP contribution is -2.53. The van der Waals surface area contributed by atoms with Gasteiger partial charge < -0.3 is 9.64 Å². The van der Waals surface area contributed by atoms with Gasteiger partial charge in [0.25, 0.3) is 0 Å². The summed E-state index contributed by atoms with van der Waals surface area (Å²) < 4.78 is 5.13. The number of hydrogen-bond acceptors (Lipinski definition) is 9. The molecule has 0 saturated carbocycles. The van der Waals surface area contributed by atoms with Crippen molar-refractivity contribution in [3.05, 3.63) is 46.0 Å². The molecule has 1 aliphatic rings. The van der Waals surface area contributed by atoms with Gasteiger partial charge in [-0.3, -0.25) is 19.8 Å². The van der Waals surface area contributed by atoms with Crippen molar-refractivity contribution in [2.45, 2.75) is 57.7 Å². The number of rotatable bonds is 11. The highest BCUT2D eigenvalue weighted by molar-refractivity contribution is 5.88. The molecule has 1 heterocycles. The molecule has 3 atom stereocenters. The van der Waals surface area contributed by atoms with Crippen LogP contribution in [0, 0.1) is 10.1 Å². The van der Waals surface area contributed by atoms with Crippen LogP contribution in [0.1, 0.15) is 38.7 Å². The van der Waals surface area contributed by atoms with Crippen LogP contribution in [0.25, 0.3) is 0 Å². The second-order valence-electron chi connectivity index (χ2n) is 7.11. The minimum Gasteiger partial charge on any atom is -0.465 e. The van der Waals surface area contributed by atoms with E-state index in [-0.39, 0.29) is 13.2 Å². The summed E-state index contributed by atoms with van der Waals surface area (Å²) in [5, 5.41) is 12.0. The van der Waals surface area contributed by atoms with E-state index >= 15 is 0 Å². The highest BCUT2D eigenvalue weighted by Gasteiger charge is 2.38. The van der Waals surface area contributed by atoms with E-state index in [1.54, 1.807) is 13.8 Å². The molecule has 1 aromatic carbocycles. The third kappa shape index (κ3) is 7.21. The second-order valence-corrected chi connectivity index (χ2v) is 7.11. The SMILES string of the molecule is CCOC(=O)[C@H](CCc1ccccc1)NC(C)C(=O)N1CCC[C@H]1C(=O)OO[N+](=O)[O-]. The Kier molecular flexibility index (Phi) is 9.19. The molecule has 11 heteroatoms. The molecule has 0 spiro atoms. The predicted molar refractivity (Wildman–Crippen MR) is 107 cm³/mol. The molecule has 170 valence electrons. The number of nitrogens with one attached hydrogen (secondary N) is 1. The van der Waals surface area contributed by atoms with Crippen molar-refractivity contribution in [2.24, 2.45) is 0 Å². The molecule has 2 rings (SSSR count). The number of hydrogen-bond donors (Lipinski definition) is 1. The summed E-state index contributed by atoms with van der Waals surface area (Å²) in [6.07, 6.45) is 1.86. The molecular weight excluding hydrogens is 410 g/mol. The van der Waals surface area contributed by atoms with Gasteiger partial charge in [-0.2, -0.15) is 0 Å². The second kappa shape index (κ2) is 11.8. The summed E-state index contributed by atoms with van der Waals surface area (Å²) in [5.41, 5.74) is 1.05. The van der Waals surface area contributed by atoms with E-state index in [2.05, 4.69) is 15.2 Å². The van der Waals surface area contributed by atoms with E-state index in [0.29, 0.717) is 25.7 Å². The van der Waals surface area contributed by atoms with Crippen LogP contribution in [0.15, 0.2) is 30.3 Å². The topological polar surface area (TPSA) is 137 Å². The molecule has 0 aromatic heterocycles. The zero-order valence-electron chi connectivity index (χ0n) is 17.5. The lowest BCUT2D eigenvalue weighted by Gasteiger charge is -2.28. The molecular formula is C20H27N3O8. The molecule has 1 unspecified atom stereocenters. The van der Waals surface area contributed by atoms with Crippen molar-refractivity contribution in [3.63, 3.8) is 0 Å². The van der Waals surface area contributed by atoms with E-state index in [4.69, 9.17) is 4.74 Å². The largest absolute Gasteiger partial charge is 0.465 e. The van der Waals surface area contributed by atoms with Crippen molar-refractivity contribution in [2.75, 3.05) is 13.2 Å². The summed E-state index contributed by atoms with van der Waals surface area (Å²) in [5.74, 6) is -1.90. The average Bonchev–Trinajstić information content (AvgIpc) is 3.25. The molecule has 0 radical (unpaired) electrons. The highest BCUT2D eigenvalue weighted by atomic mass is 17.3. The fourth-order valence-electron chi connectivity index (χ4n) is 3.49. The Morgan fingerprint density at radius 2 is 2.00 bits per heavy atom. The van der Waals surface area contributed by atoms with Crippen LogP contribution in [0.5, 0.6) is 0 Å². The standard InChI is InChI=1S/C20H27N3O8/c1-3-29-19(25)16(12-11-15-8-5-4-6-9-15)21-14(2)18(24)22-13-7-10-17(22)20(26)30-31-23(27)28/h4-6,8-9,14,16-17,21H,3,7,10-13H2,1-2H3/t14?,16-,17-/m0/s1. The van der Waals surface area contributed by atoms with Crippen LogP contribution < -0.4 is 5.32 Å². The summed E-state index contributed by atoms with van der Waals surface area (Å²) in [6.45, 7) is 3.79. The molecule has 1 N–H and O–H groups in total. The molecule has 11 nitrogen and oxygen atoms in total. The molecule has 1 aromatic rings. The number of amides is 1. The molecule has 1 aliphatic heterocycles. The molecule has 1 amide bonds. The van der Waals surface area contributed by atoms with Gasteiger partial charge in [-0.1, -0.05) is 35.3 Å². The first-order valence-electron chi connectivity index (χ1n) is 10.1. The minimum absolute atomic E-state index is 0.209. The fraction of sp³-hybridized carbons (Fsp3) is 0.550. The molecule has 31 heavy (non-hydrogen) atoms. The predicted octanol–water partition coefficient (Wildman–Crippen LogP) is 1.19. The average molecular weight is 437 g/mol. The Morgan fingerprint density at radius 1 is 1.29 bits per heavy atom. The minimum atomic E-state index is -1.25. The van der Waals surface area contributed by atoms with Crippen molar-refractivity contribution in [1.29, 1.82) is 0 Å². The third-order valence-corrected chi connectivity index (χ3v) is 4.95. The number of ether oxygens (including phenoxy) is 1. The normalized spacial score (nSPS) is 17.5.